The molecule has 0 atom stereocenters. The molecule has 104 valence electrons. The fourth-order valence-electron chi connectivity index (χ4n) is 1.74. The third-order valence-corrected chi connectivity index (χ3v) is 3.18. The van der Waals surface area contributed by atoms with Crippen LogP contribution in [0.4, 0.5) is 0 Å². The number of hydrogen-bond donors (Lipinski definition) is 2. The molecule has 0 saturated carbocycles. The summed E-state index contributed by atoms with van der Waals surface area (Å²) in [4.78, 5) is 24.7. The Balaban J connectivity index is 3.19. The molecule has 0 aliphatic carbocycles. The van der Waals surface area contributed by atoms with Crippen LogP contribution in [-0.2, 0) is 4.79 Å². The summed E-state index contributed by atoms with van der Waals surface area (Å²) in [6.07, 6.45) is 0. The summed E-state index contributed by atoms with van der Waals surface area (Å²) in [5.41, 5.74) is -1.33. The van der Waals surface area contributed by atoms with E-state index in [4.69, 9.17) is 11.6 Å². The molecule has 1 aromatic carbocycles. The molecule has 1 aromatic rings. The SMILES string of the molecule is CCN(C(=O)c1ccc(Cl)cc1O)C(C)(C)C(=O)O. The molecule has 0 bridgehead atoms. The van der Waals surface area contributed by atoms with Crippen LogP contribution < -0.4 is 0 Å². The second kappa shape index (κ2) is 5.48. The smallest absolute Gasteiger partial charge is 0.329 e. The average molecular weight is 286 g/mol. The van der Waals surface area contributed by atoms with Crippen LogP contribution >= 0.6 is 11.6 Å². The van der Waals surface area contributed by atoms with Crippen molar-refractivity contribution in [1.29, 1.82) is 0 Å². The van der Waals surface area contributed by atoms with Gasteiger partial charge in [0.1, 0.15) is 11.3 Å². The summed E-state index contributed by atoms with van der Waals surface area (Å²) < 4.78 is 0. The largest absolute Gasteiger partial charge is 0.507 e. The Bertz CT molecular complexity index is 513. The quantitative estimate of drug-likeness (QED) is 0.890. The molecule has 0 aliphatic heterocycles. The van der Waals surface area contributed by atoms with Gasteiger partial charge in [-0.3, -0.25) is 4.79 Å². The zero-order valence-corrected chi connectivity index (χ0v) is 11.7. The van der Waals surface area contributed by atoms with Crippen LogP contribution in [0.2, 0.25) is 5.02 Å². The predicted octanol–water partition coefficient (Wildman–Crippen LogP) is 2.37. The Hall–Kier alpha value is -1.75. The Morgan fingerprint density at radius 1 is 1.37 bits per heavy atom. The number of aromatic hydroxyl groups is 1. The number of nitrogens with zero attached hydrogens (tertiary/aromatic N) is 1. The first kappa shape index (κ1) is 15.3. The van der Waals surface area contributed by atoms with Gasteiger partial charge in [-0.15, -0.1) is 0 Å². The summed E-state index contributed by atoms with van der Waals surface area (Å²) in [6, 6.07) is 4.09. The van der Waals surface area contributed by atoms with Crippen LogP contribution in [0.15, 0.2) is 18.2 Å². The zero-order chi connectivity index (χ0) is 14.8. The van der Waals surface area contributed by atoms with Crippen LogP contribution in [0.25, 0.3) is 0 Å². The van der Waals surface area contributed by atoms with Crippen molar-refractivity contribution in [1.82, 2.24) is 4.90 Å². The molecule has 5 nitrogen and oxygen atoms in total. The highest BCUT2D eigenvalue weighted by atomic mass is 35.5. The average Bonchev–Trinajstić information content (AvgIpc) is 2.28. The summed E-state index contributed by atoms with van der Waals surface area (Å²) in [7, 11) is 0. The Morgan fingerprint density at radius 2 is 1.95 bits per heavy atom. The lowest BCUT2D eigenvalue weighted by Gasteiger charge is -2.34. The van der Waals surface area contributed by atoms with Gasteiger partial charge in [-0.05, 0) is 39.0 Å². The molecule has 6 heteroatoms. The number of aliphatic carboxylic acids is 1. The summed E-state index contributed by atoms with van der Waals surface area (Å²) >= 11 is 5.70. The highest BCUT2D eigenvalue weighted by Gasteiger charge is 2.37. The maximum atomic E-state index is 12.3. The van der Waals surface area contributed by atoms with Crippen molar-refractivity contribution in [2.45, 2.75) is 26.3 Å². The van der Waals surface area contributed by atoms with Gasteiger partial charge in [0.25, 0.3) is 5.91 Å². The number of likely N-dealkylation sites (N-methyl/N-ethyl adjacent to an activating group) is 1. The number of carboxylic acid groups (broad SMARTS) is 1. The molecule has 0 heterocycles. The summed E-state index contributed by atoms with van der Waals surface area (Å²) in [5, 5.41) is 19.2. The minimum Gasteiger partial charge on any atom is -0.507 e. The van der Waals surface area contributed by atoms with E-state index in [-0.39, 0.29) is 17.9 Å². The summed E-state index contributed by atoms with van der Waals surface area (Å²) in [5.74, 6) is -1.93. The van der Waals surface area contributed by atoms with Gasteiger partial charge in [0, 0.05) is 11.6 Å². The molecule has 0 fully saturated rings. The van der Waals surface area contributed by atoms with Gasteiger partial charge in [0.05, 0.1) is 5.56 Å². The first-order valence-electron chi connectivity index (χ1n) is 5.75. The van der Waals surface area contributed by atoms with Gasteiger partial charge < -0.3 is 15.1 Å². The maximum Gasteiger partial charge on any atom is 0.329 e. The highest BCUT2D eigenvalue weighted by molar-refractivity contribution is 6.30. The van der Waals surface area contributed by atoms with E-state index in [0.29, 0.717) is 5.02 Å². The molecule has 2 N–H and O–H groups in total. The van der Waals surface area contributed by atoms with Gasteiger partial charge in [-0.1, -0.05) is 11.6 Å². The van der Waals surface area contributed by atoms with Gasteiger partial charge in [0.2, 0.25) is 0 Å². The van der Waals surface area contributed by atoms with E-state index in [1.165, 1.54) is 36.9 Å². The van der Waals surface area contributed by atoms with Crippen molar-refractivity contribution in [3.63, 3.8) is 0 Å². The van der Waals surface area contributed by atoms with E-state index in [1.54, 1.807) is 6.92 Å². The van der Waals surface area contributed by atoms with E-state index in [2.05, 4.69) is 0 Å². The molecule has 1 rings (SSSR count). The van der Waals surface area contributed by atoms with Crippen LogP contribution in [0, 0.1) is 0 Å². The van der Waals surface area contributed by atoms with Crippen LogP contribution in [0.1, 0.15) is 31.1 Å². The first-order valence-corrected chi connectivity index (χ1v) is 6.13. The molecule has 0 unspecified atom stereocenters. The molecule has 0 saturated heterocycles. The van der Waals surface area contributed by atoms with Crippen molar-refractivity contribution >= 4 is 23.5 Å². The van der Waals surface area contributed by atoms with Crippen LogP contribution in [0.5, 0.6) is 5.75 Å². The Kier molecular flexibility index (Phi) is 4.42. The molecular formula is C13H16ClNO4. The van der Waals surface area contributed by atoms with E-state index in [0.717, 1.165) is 0 Å². The number of halogens is 1. The van der Waals surface area contributed by atoms with E-state index in [1.807, 2.05) is 0 Å². The highest BCUT2D eigenvalue weighted by Crippen LogP contribution is 2.26. The van der Waals surface area contributed by atoms with Crippen molar-refractivity contribution in [3.8, 4) is 5.75 Å². The molecule has 0 aliphatic rings. The topological polar surface area (TPSA) is 77.8 Å². The van der Waals surface area contributed by atoms with Gasteiger partial charge in [-0.25, -0.2) is 4.79 Å². The molecule has 19 heavy (non-hydrogen) atoms. The second-order valence-electron chi connectivity index (χ2n) is 4.58. The Labute approximate surface area is 116 Å². The van der Waals surface area contributed by atoms with E-state index < -0.39 is 17.4 Å². The lowest BCUT2D eigenvalue weighted by Crippen LogP contribution is -2.52. The third-order valence-electron chi connectivity index (χ3n) is 2.95. The van der Waals surface area contributed by atoms with Crippen molar-refractivity contribution in [2.24, 2.45) is 0 Å². The lowest BCUT2D eigenvalue weighted by molar-refractivity contribution is -0.147. The summed E-state index contributed by atoms with van der Waals surface area (Å²) in [6.45, 7) is 4.75. The van der Waals surface area contributed by atoms with Gasteiger partial charge in [-0.2, -0.15) is 0 Å². The number of amides is 1. The fourth-order valence-corrected chi connectivity index (χ4v) is 1.91. The fraction of sp³-hybridized carbons (Fsp3) is 0.385. The van der Waals surface area contributed by atoms with Crippen LogP contribution in [-0.4, -0.2) is 39.1 Å². The number of carbonyl (C=O) groups is 2. The number of rotatable bonds is 4. The number of phenols is 1. The Morgan fingerprint density at radius 3 is 2.37 bits per heavy atom. The number of benzene rings is 1. The molecule has 0 spiro atoms. The molecule has 0 radical (unpaired) electrons. The van der Waals surface area contributed by atoms with Gasteiger partial charge in [0.15, 0.2) is 0 Å². The van der Waals surface area contributed by atoms with E-state index >= 15 is 0 Å². The minimum absolute atomic E-state index is 0.0283. The van der Waals surface area contributed by atoms with Crippen molar-refractivity contribution < 1.29 is 19.8 Å². The monoisotopic (exact) mass is 285 g/mol. The number of phenolic OH excluding ortho intramolecular Hbond substituents is 1. The molecular weight excluding hydrogens is 270 g/mol. The van der Waals surface area contributed by atoms with Crippen LogP contribution in [0.3, 0.4) is 0 Å². The normalized spacial score (nSPS) is 11.2. The minimum atomic E-state index is -1.36. The maximum absolute atomic E-state index is 12.3. The third kappa shape index (κ3) is 2.98. The molecule has 1 amide bonds. The standard InChI is InChI=1S/C13H16ClNO4/c1-4-15(13(2,3)12(18)19)11(17)9-6-5-8(14)7-10(9)16/h5-7,16H,4H2,1-3H3,(H,18,19). The van der Waals surface area contributed by atoms with E-state index in [9.17, 15) is 19.8 Å². The van der Waals surface area contributed by atoms with Gasteiger partial charge >= 0.3 is 5.97 Å². The number of carboxylic acids is 1. The van der Waals surface area contributed by atoms with Crippen molar-refractivity contribution in [3.05, 3.63) is 28.8 Å². The number of hydrogen-bond acceptors (Lipinski definition) is 3. The predicted molar refractivity (Wildman–Crippen MR) is 71.5 cm³/mol. The second-order valence-corrected chi connectivity index (χ2v) is 5.01. The first-order chi connectivity index (χ1) is 8.71. The zero-order valence-electron chi connectivity index (χ0n) is 11.0. The lowest BCUT2D eigenvalue weighted by atomic mass is 10.0. The molecule has 0 aromatic heterocycles. The number of carbonyl (C=O) groups excluding carboxylic acids is 1. The van der Waals surface area contributed by atoms with Crippen molar-refractivity contribution in [2.75, 3.05) is 6.54 Å².